The maximum Gasteiger partial charge on any atom is 0.408 e. The third kappa shape index (κ3) is 12.6. The predicted molar refractivity (Wildman–Crippen MR) is 205 cm³/mol. The molecule has 1 fully saturated rings. The second-order valence-corrected chi connectivity index (χ2v) is 21.7. The van der Waals surface area contributed by atoms with Crippen LogP contribution in [0.4, 0.5) is 4.79 Å². The Labute approximate surface area is 312 Å². The highest BCUT2D eigenvalue weighted by molar-refractivity contribution is 14.1. The number of carbonyl (C=O) groups excluding carboxylic acids is 4. The first kappa shape index (κ1) is 41.2. The number of hydrogen-bond donors (Lipinski definition) is 3. The Hall–Kier alpha value is -3.17. The Morgan fingerprint density at radius 3 is 2.26 bits per heavy atom. The standard InChI is InChI=1S/C37H55IN4O7Si/c1-24(2)31(40-35(46)48-36(3,4)5)32(43)39-30(22-25-14-12-17-28(21-25)49-50(9,10)37(6,7)8)33(44)42-19-13-18-29(41-42)34(45)47-23-26-15-11-16-27(38)20-26/h11-12,14-17,20-21,24,29-31,41H,13,18-19,22-23H2,1-10H3,(H,39,43)(H,40,46)/t29-,30-,31-/m0/s1. The maximum absolute atomic E-state index is 14.2. The van der Waals surface area contributed by atoms with Gasteiger partial charge in [-0.15, -0.1) is 0 Å². The van der Waals surface area contributed by atoms with Crippen molar-refractivity contribution in [2.75, 3.05) is 6.54 Å². The van der Waals surface area contributed by atoms with Crippen LogP contribution in [0.25, 0.3) is 0 Å². The van der Waals surface area contributed by atoms with Gasteiger partial charge in [-0.05, 0) is 116 Å². The molecule has 0 bridgehead atoms. The van der Waals surface area contributed by atoms with E-state index in [9.17, 15) is 19.2 Å². The van der Waals surface area contributed by atoms with Crippen molar-refractivity contribution in [3.63, 3.8) is 0 Å². The van der Waals surface area contributed by atoms with Crippen LogP contribution in [-0.4, -0.2) is 67.5 Å². The van der Waals surface area contributed by atoms with E-state index in [4.69, 9.17) is 13.9 Å². The van der Waals surface area contributed by atoms with E-state index in [1.807, 2.05) is 48.5 Å². The average molecular weight is 823 g/mol. The summed E-state index contributed by atoms with van der Waals surface area (Å²) in [6, 6.07) is 12.5. The van der Waals surface area contributed by atoms with Gasteiger partial charge >= 0.3 is 12.1 Å². The van der Waals surface area contributed by atoms with E-state index in [1.165, 1.54) is 5.01 Å². The van der Waals surface area contributed by atoms with Crippen LogP contribution in [0, 0.1) is 9.49 Å². The zero-order chi connectivity index (χ0) is 37.4. The number of esters is 1. The predicted octanol–water partition coefficient (Wildman–Crippen LogP) is 6.49. The number of benzene rings is 2. The number of amides is 3. The number of hydrogen-bond acceptors (Lipinski definition) is 8. The molecule has 13 heteroatoms. The summed E-state index contributed by atoms with van der Waals surface area (Å²) < 4.78 is 18.6. The first-order chi connectivity index (χ1) is 23.1. The molecule has 1 aliphatic rings. The Morgan fingerprint density at radius 2 is 1.64 bits per heavy atom. The second kappa shape index (κ2) is 17.4. The van der Waals surface area contributed by atoms with Gasteiger partial charge in [0, 0.05) is 16.5 Å². The third-order valence-electron chi connectivity index (χ3n) is 8.76. The van der Waals surface area contributed by atoms with E-state index >= 15 is 0 Å². The van der Waals surface area contributed by atoms with E-state index < -0.39 is 55.9 Å². The fraction of sp³-hybridized carbons (Fsp3) is 0.568. The number of alkyl carbamates (subject to hydrolysis) is 1. The van der Waals surface area contributed by atoms with Crippen molar-refractivity contribution in [1.29, 1.82) is 0 Å². The lowest BCUT2D eigenvalue weighted by Gasteiger charge is -2.36. The fourth-order valence-corrected chi connectivity index (χ4v) is 6.67. The summed E-state index contributed by atoms with van der Waals surface area (Å²) >= 11 is 2.21. The van der Waals surface area contributed by atoms with Gasteiger partial charge in [-0.25, -0.2) is 10.2 Å². The zero-order valence-electron chi connectivity index (χ0n) is 31.1. The molecule has 0 aliphatic carbocycles. The molecule has 2 aromatic carbocycles. The first-order valence-corrected chi connectivity index (χ1v) is 21.2. The molecule has 50 heavy (non-hydrogen) atoms. The minimum atomic E-state index is -2.15. The smallest absolute Gasteiger partial charge is 0.408 e. The molecule has 0 unspecified atom stereocenters. The van der Waals surface area contributed by atoms with Gasteiger partial charge in [0.25, 0.3) is 5.91 Å². The van der Waals surface area contributed by atoms with Gasteiger partial charge in [0.1, 0.15) is 36.1 Å². The number of hydrazine groups is 1. The molecule has 0 radical (unpaired) electrons. The van der Waals surface area contributed by atoms with E-state index in [2.05, 4.69) is 72.5 Å². The van der Waals surface area contributed by atoms with Crippen molar-refractivity contribution in [3.8, 4) is 5.75 Å². The fourth-order valence-electron chi connectivity index (χ4n) is 5.04. The quantitative estimate of drug-likeness (QED) is 0.126. The zero-order valence-corrected chi connectivity index (χ0v) is 34.3. The highest BCUT2D eigenvalue weighted by atomic mass is 127. The lowest BCUT2D eigenvalue weighted by atomic mass is 10.0. The number of halogens is 1. The normalized spacial score (nSPS) is 16.6. The van der Waals surface area contributed by atoms with Crippen LogP contribution in [0.2, 0.25) is 18.1 Å². The van der Waals surface area contributed by atoms with Crippen molar-refractivity contribution in [2.24, 2.45) is 5.92 Å². The van der Waals surface area contributed by atoms with E-state index in [0.29, 0.717) is 25.1 Å². The summed E-state index contributed by atoms with van der Waals surface area (Å²) in [5, 5.41) is 6.96. The monoisotopic (exact) mass is 822 g/mol. The van der Waals surface area contributed by atoms with Crippen LogP contribution in [0.1, 0.15) is 79.4 Å². The first-order valence-electron chi connectivity index (χ1n) is 17.2. The Morgan fingerprint density at radius 1 is 0.980 bits per heavy atom. The van der Waals surface area contributed by atoms with Crippen LogP contribution in [0.15, 0.2) is 48.5 Å². The van der Waals surface area contributed by atoms with Crippen LogP contribution in [0.5, 0.6) is 5.75 Å². The molecular weight excluding hydrogens is 767 g/mol. The van der Waals surface area contributed by atoms with E-state index in [0.717, 1.165) is 14.7 Å². The molecule has 3 rings (SSSR count). The van der Waals surface area contributed by atoms with E-state index in [-0.39, 0.29) is 24.0 Å². The molecule has 3 amide bonds. The molecule has 3 atom stereocenters. The van der Waals surface area contributed by atoms with Gasteiger partial charge in [-0.3, -0.25) is 19.4 Å². The summed E-state index contributed by atoms with van der Waals surface area (Å²) in [4.78, 5) is 53.8. The molecule has 3 N–H and O–H groups in total. The Balaban J connectivity index is 1.84. The van der Waals surface area contributed by atoms with Gasteiger partial charge in [-0.1, -0.05) is 58.9 Å². The van der Waals surface area contributed by atoms with Crippen LogP contribution < -0.4 is 20.5 Å². The van der Waals surface area contributed by atoms with Crippen molar-refractivity contribution < 1.29 is 33.1 Å². The lowest BCUT2D eigenvalue weighted by molar-refractivity contribution is -0.154. The molecular formula is C37H55IN4O7Si. The summed E-state index contributed by atoms with van der Waals surface area (Å²) in [5.74, 6) is -1.00. The molecule has 2 aromatic rings. The summed E-state index contributed by atoms with van der Waals surface area (Å²) in [5.41, 5.74) is 3.96. The van der Waals surface area contributed by atoms with Crippen molar-refractivity contribution >= 4 is 54.8 Å². The number of rotatable bonds is 12. The lowest BCUT2D eigenvalue weighted by Crippen LogP contribution is -2.62. The highest BCUT2D eigenvalue weighted by Crippen LogP contribution is 2.37. The number of nitrogens with one attached hydrogen (secondary N) is 3. The summed E-state index contributed by atoms with van der Waals surface area (Å²) in [7, 11) is -2.15. The van der Waals surface area contributed by atoms with E-state index in [1.54, 1.807) is 34.6 Å². The number of ether oxygens (including phenoxy) is 2. The SMILES string of the molecule is CC(C)[C@H](NC(=O)OC(C)(C)C)C(=O)N[C@@H](Cc1cccc(O[Si](C)(C)C(C)(C)C)c1)C(=O)N1CCC[C@@H](C(=O)OCc2cccc(I)c2)N1. The van der Waals surface area contributed by atoms with Crippen molar-refractivity contribution in [1.82, 2.24) is 21.1 Å². The third-order valence-corrected chi connectivity index (χ3v) is 13.8. The Bertz CT molecular complexity index is 1510. The van der Waals surface area contributed by atoms with Gasteiger partial charge in [0.05, 0.1) is 0 Å². The maximum atomic E-state index is 14.2. The highest BCUT2D eigenvalue weighted by Gasteiger charge is 2.39. The minimum absolute atomic E-state index is 0.0141. The number of carbonyl (C=O) groups is 4. The summed E-state index contributed by atoms with van der Waals surface area (Å²) in [6.07, 6.45) is 0.478. The van der Waals surface area contributed by atoms with Crippen molar-refractivity contribution in [3.05, 3.63) is 63.2 Å². The molecule has 0 saturated carbocycles. The minimum Gasteiger partial charge on any atom is -0.543 e. The largest absolute Gasteiger partial charge is 0.543 e. The van der Waals surface area contributed by atoms with Gasteiger partial charge in [0.15, 0.2) is 0 Å². The number of nitrogens with zero attached hydrogens (tertiary/aromatic N) is 1. The van der Waals surface area contributed by atoms with Gasteiger partial charge in [0.2, 0.25) is 14.2 Å². The molecule has 0 spiro atoms. The molecule has 0 aromatic heterocycles. The van der Waals surface area contributed by atoms with Gasteiger partial charge < -0.3 is 24.5 Å². The molecule has 1 heterocycles. The molecule has 1 saturated heterocycles. The van der Waals surface area contributed by atoms with Gasteiger partial charge in [-0.2, -0.15) is 0 Å². The Kier molecular flexibility index (Phi) is 14.3. The summed E-state index contributed by atoms with van der Waals surface area (Å²) in [6.45, 7) is 20.1. The molecule has 276 valence electrons. The molecule has 1 aliphatic heterocycles. The van der Waals surface area contributed by atoms with Crippen LogP contribution in [0.3, 0.4) is 0 Å². The second-order valence-electron chi connectivity index (χ2n) is 15.7. The average Bonchev–Trinajstić information content (AvgIpc) is 3.00. The molecule has 11 nitrogen and oxygen atoms in total. The van der Waals surface area contributed by atoms with Crippen LogP contribution >= 0.6 is 22.6 Å². The van der Waals surface area contributed by atoms with Crippen LogP contribution in [-0.2, 0) is 36.9 Å². The van der Waals surface area contributed by atoms with Crippen molar-refractivity contribution in [2.45, 2.75) is 123 Å². The topological polar surface area (TPSA) is 135 Å².